The molecule has 0 radical (unpaired) electrons. The van der Waals surface area contributed by atoms with Crippen molar-refractivity contribution in [2.45, 2.75) is 51.5 Å². The summed E-state index contributed by atoms with van der Waals surface area (Å²) < 4.78 is 26.1. The number of carboxylic acids is 1. The number of benzene rings is 3. The van der Waals surface area contributed by atoms with Crippen molar-refractivity contribution in [3.63, 3.8) is 0 Å². The number of nitrogens with one attached hydrogen (secondary N) is 1. The van der Waals surface area contributed by atoms with Crippen LogP contribution in [0.1, 0.15) is 64.8 Å². The van der Waals surface area contributed by atoms with E-state index in [1.165, 1.54) is 32.4 Å². The third-order valence-electron chi connectivity index (χ3n) is 7.69. The second kappa shape index (κ2) is 17.9. The maximum Gasteiger partial charge on any atom is 1.00 e. The number of esters is 1. The molecule has 252 valence electrons. The van der Waals surface area contributed by atoms with E-state index in [9.17, 15) is 34.1 Å². The molecule has 0 aliphatic heterocycles. The fourth-order valence-electron chi connectivity index (χ4n) is 5.55. The van der Waals surface area contributed by atoms with Crippen molar-refractivity contribution in [1.82, 2.24) is 9.88 Å². The third-order valence-corrected chi connectivity index (χ3v) is 7.69. The molecule has 4 aromatic rings. The molecular formula is C37H38FN2NaO8. The van der Waals surface area contributed by atoms with Gasteiger partial charge in [0.2, 0.25) is 0 Å². The van der Waals surface area contributed by atoms with E-state index in [1.807, 2.05) is 48.7 Å². The fraction of sp³-hybridized carbons (Fsp3) is 0.270. The van der Waals surface area contributed by atoms with Crippen LogP contribution in [0.2, 0.25) is 0 Å². The van der Waals surface area contributed by atoms with Gasteiger partial charge in [0.25, 0.3) is 5.91 Å². The zero-order valence-electron chi connectivity index (χ0n) is 28.1. The van der Waals surface area contributed by atoms with E-state index < -0.39 is 42.3 Å². The normalized spacial score (nSPS) is 12.3. The van der Waals surface area contributed by atoms with Gasteiger partial charge in [0.1, 0.15) is 22.8 Å². The molecule has 12 heteroatoms. The molecule has 0 saturated heterocycles. The molecule has 3 aromatic carbocycles. The van der Waals surface area contributed by atoms with E-state index in [2.05, 4.69) is 5.32 Å². The molecule has 0 fully saturated rings. The number of amides is 1. The third kappa shape index (κ3) is 9.68. The number of carboxylic acid groups (broad SMARTS) is 1. The number of halogens is 1. The first-order valence-corrected chi connectivity index (χ1v) is 15.3. The molecule has 1 aromatic heterocycles. The number of aliphatic carboxylic acids is 1. The Bertz CT molecular complexity index is 1790. The van der Waals surface area contributed by atoms with Gasteiger partial charge in [-0.05, 0) is 60.9 Å². The molecule has 0 spiro atoms. The second-order valence-corrected chi connectivity index (χ2v) is 11.4. The Morgan fingerprint density at radius 3 is 2.20 bits per heavy atom. The van der Waals surface area contributed by atoms with Gasteiger partial charge in [0, 0.05) is 48.2 Å². The number of aliphatic hydroxyl groups is 2. The van der Waals surface area contributed by atoms with Gasteiger partial charge in [-0.3, -0.25) is 4.79 Å². The minimum Gasteiger partial charge on any atom is -0.550 e. The van der Waals surface area contributed by atoms with Crippen LogP contribution in [0.4, 0.5) is 4.39 Å². The number of nitrogens with zero attached hydrogens (tertiary/aromatic N) is 1. The summed E-state index contributed by atoms with van der Waals surface area (Å²) in [7, 11) is 2.70. The Balaban J connectivity index is 0.00000650. The zero-order chi connectivity index (χ0) is 35.0. The number of aromatic nitrogens is 1. The average molecular weight is 681 g/mol. The van der Waals surface area contributed by atoms with Gasteiger partial charge in [0.05, 0.1) is 26.4 Å². The summed E-state index contributed by atoms with van der Waals surface area (Å²) in [5.41, 5.74) is 4.22. The summed E-state index contributed by atoms with van der Waals surface area (Å²) in [4.78, 5) is 37.3. The summed E-state index contributed by atoms with van der Waals surface area (Å²) in [5, 5.41) is 34.7. The van der Waals surface area contributed by atoms with Crippen molar-refractivity contribution in [3.8, 4) is 28.0 Å². The standard InChI is InChI=1S/C37H39FN2O8.Na/c1-22(2)40-30(17-15-27(41)19-28(42)20-32(43)44)33(25-11-13-26(38)14-12-25)34(24-8-6-5-7-9-24)35(40)36(45)39-21-23-10-16-29(37(46)48-4)31(18-23)47-3;/h5-18,22,27-28,41-42H,19-21H2,1-4H3,(H,39,45)(H,43,44);/q;+1/p-1/b17-15+;/t27-,28-;/m1./s1. The maximum absolute atomic E-state index is 14.3. The summed E-state index contributed by atoms with van der Waals surface area (Å²) >= 11 is 0. The van der Waals surface area contributed by atoms with Crippen LogP contribution in [0.15, 0.2) is 78.9 Å². The van der Waals surface area contributed by atoms with Crippen LogP contribution in [0.5, 0.6) is 5.75 Å². The molecule has 49 heavy (non-hydrogen) atoms. The Hall–Kier alpha value is -4.26. The molecule has 1 heterocycles. The number of hydrogen-bond donors (Lipinski definition) is 3. The fourth-order valence-corrected chi connectivity index (χ4v) is 5.55. The average Bonchev–Trinajstić information content (AvgIpc) is 3.41. The molecular weight excluding hydrogens is 642 g/mol. The Kier molecular flexibility index (Phi) is 14.3. The zero-order valence-corrected chi connectivity index (χ0v) is 30.1. The number of carbonyl (C=O) groups excluding carboxylic acids is 3. The number of aliphatic hydroxyl groups excluding tert-OH is 2. The van der Waals surface area contributed by atoms with Crippen molar-refractivity contribution in [3.05, 3.63) is 107 Å². The predicted molar refractivity (Wildman–Crippen MR) is 176 cm³/mol. The van der Waals surface area contributed by atoms with Gasteiger partial charge in [-0.15, -0.1) is 0 Å². The van der Waals surface area contributed by atoms with Crippen LogP contribution in [0.3, 0.4) is 0 Å². The van der Waals surface area contributed by atoms with Gasteiger partial charge in [-0.1, -0.05) is 54.6 Å². The molecule has 0 unspecified atom stereocenters. The molecule has 3 N–H and O–H groups in total. The Morgan fingerprint density at radius 2 is 1.61 bits per heavy atom. The van der Waals surface area contributed by atoms with Gasteiger partial charge < -0.3 is 39.5 Å². The van der Waals surface area contributed by atoms with E-state index in [-0.39, 0.29) is 54.1 Å². The minimum atomic E-state index is -1.44. The molecule has 0 aliphatic carbocycles. The van der Waals surface area contributed by atoms with Crippen molar-refractivity contribution >= 4 is 23.9 Å². The van der Waals surface area contributed by atoms with E-state index in [0.29, 0.717) is 45.0 Å². The molecule has 1 amide bonds. The minimum absolute atomic E-state index is 0. The maximum atomic E-state index is 14.3. The molecule has 0 bridgehead atoms. The van der Waals surface area contributed by atoms with E-state index in [1.54, 1.807) is 36.4 Å². The summed E-state index contributed by atoms with van der Waals surface area (Å²) in [5.74, 6) is -2.57. The van der Waals surface area contributed by atoms with E-state index >= 15 is 0 Å². The monoisotopic (exact) mass is 680 g/mol. The SMILES string of the molecule is COC(=O)c1ccc(CNC(=O)c2c(-c3ccccc3)c(-c3ccc(F)cc3)c(/C=C/[C@@H](O)C[C@@H](O)CC(=O)[O-])n2C(C)C)cc1OC.[Na+]. The van der Waals surface area contributed by atoms with Crippen molar-refractivity contribution in [1.29, 1.82) is 0 Å². The first-order chi connectivity index (χ1) is 22.9. The number of ether oxygens (including phenoxy) is 2. The van der Waals surface area contributed by atoms with E-state index in [4.69, 9.17) is 9.47 Å². The van der Waals surface area contributed by atoms with Crippen LogP contribution >= 0.6 is 0 Å². The molecule has 10 nitrogen and oxygen atoms in total. The van der Waals surface area contributed by atoms with Crippen LogP contribution in [-0.2, 0) is 16.1 Å². The second-order valence-electron chi connectivity index (χ2n) is 11.4. The number of hydrogen-bond acceptors (Lipinski definition) is 8. The number of carbonyl (C=O) groups is 3. The first-order valence-electron chi connectivity index (χ1n) is 15.3. The van der Waals surface area contributed by atoms with Gasteiger partial charge in [-0.2, -0.15) is 0 Å². The molecule has 4 rings (SSSR count). The predicted octanol–water partition coefficient (Wildman–Crippen LogP) is 1.54. The summed E-state index contributed by atoms with van der Waals surface area (Å²) in [6.07, 6.45) is -0.398. The smallest absolute Gasteiger partial charge is 0.550 e. The van der Waals surface area contributed by atoms with Crippen LogP contribution in [0.25, 0.3) is 28.3 Å². The van der Waals surface area contributed by atoms with Gasteiger partial charge in [0.15, 0.2) is 0 Å². The largest absolute Gasteiger partial charge is 1.00 e. The van der Waals surface area contributed by atoms with Gasteiger partial charge in [-0.25, -0.2) is 9.18 Å². The van der Waals surface area contributed by atoms with Gasteiger partial charge >= 0.3 is 35.5 Å². The Labute approximate surface area is 306 Å². The summed E-state index contributed by atoms with van der Waals surface area (Å²) in [6.45, 7) is 3.88. The molecule has 0 aliphatic rings. The van der Waals surface area contributed by atoms with E-state index in [0.717, 1.165) is 0 Å². The van der Waals surface area contributed by atoms with Crippen LogP contribution in [-0.4, -0.2) is 59.1 Å². The molecule has 2 atom stereocenters. The summed E-state index contributed by atoms with van der Waals surface area (Å²) in [6, 6.07) is 19.7. The van der Waals surface area contributed by atoms with Crippen LogP contribution in [0, 0.1) is 5.82 Å². The van der Waals surface area contributed by atoms with Crippen molar-refractivity contribution < 1.29 is 73.1 Å². The number of rotatable bonds is 14. The van der Waals surface area contributed by atoms with Crippen molar-refractivity contribution in [2.75, 3.05) is 14.2 Å². The first kappa shape index (κ1) is 39.2. The van der Waals surface area contributed by atoms with Crippen LogP contribution < -0.4 is 44.7 Å². The quantitative estimate of drug-likeness (QED) is 0.134. The topological polar surface area (TPSA) is 150 Å². The Morgan fingerprint density at radius 1 is 0.959 bits per heavy atom. The molecule has 0 saturated carbocycles. The number of methoxy groups -OCH3 is 2. The van der Waals surface area contributed by atoms with Crippen molar-refractivity contribution in [2.24, 2.45) is 0 Å².